The van der Waals surface area contributed by atoms with E-state index in [0.29, 0.717) is 18.2 Å². The summed E-state index contributed by atoms with van der Waals surface area (Å²) in [4.78, 5) is 14.0. The van der Waals surface area contributed by atoms with Crippen LogP contribution in [0.1, 0.15) is 40.0 Å². The van der Waals surface area contributed by atoms with Crippen LogP contribution in [0.3, 0.4) is 0 Å². The fourth-order valence-corrected chi connectivity index (χ4v) is 2.51. The molecule has 1 amide bonds. The molecule has 1 saturated heterocycles. The van der Waals surface area contributed by atoms with Crippen molar-refractivity contribution in [2.75, 3.05) is 18.4 Å². The summed E-state index contributed by atoms with van der Waals surface area (Å²) in [5, 5.41) is 1.02. The summed E-state index contributed by atoms with van der Waals surface area (Å²) in [6, 6.07) is 0. The van der Waals surface area contributed by atoms with E-state index < -0.39 is 0 Å². The highest BCUT2D eigenvalue weighted by atomic mass is 79.9. The first-order valence-electron chi connectivity index (χ1n) is 5.76. The van der Waals surface area contributed by atoms with Crippen LogP contribution in [0.2, 0.25) is 0 Å². The molecule has 88 valence electrons. The summed E-state index contributed by atoms with van der Waals surface area (Å²) < 4.78 is 0. The maximum absolute atomic E-state index is 12.0. The monoisotopic (exact) mass is 275 g/mol. The Morgan fingerprint density at radius 3 is 2.67 bits per heavy atom. The second kappa shape index (κ2) is 5.33. The fraction of sp³-hybridized carbons (Fsp3) is 0.917. The Balaban J connectivity index is 2.45. The number of hydrogen-bond acceptors (Lipinski definition) is 1. The lowest BCUT2D eigenvalue weighted by atomic mass is 9.90. The second-order valence-corrected chi connectivity index (χ2v) is 6.39. The van der Waals surface area contributed by atoms with Crippen molar-refractivity contribution in [3.8, 4) is 0 Å². The molecule has 0 N–H and O–H groups in total. The van der Waals surface area contributed by atoms with Gasteiger partial charge in [0.25, 0.3) is 0 Å². The van der Waals surface area contributed by atoms with Gasteiger partial charge in [-0.15, -0.1) is 0 Å². The molecule has 0 aromatic heterocycles. The SMILES string of the molecule is CC(C)(C)CC(=O)N1CCCC(CBr)C1. The van der Waals surface area contributed by atoms with Gasteiger partial charge >= 0.3 is 0 Å². The summed E-state index contributed by atoms with van der Waals surface area (Å²) in [5.41, 5.74) is 0.110. The lowest BCUT2D eigenvalue weighted by molar-refractivity contribution is -0.134. The van der Waals surface area contributed by atoms with Crippen LogP contribution in [0.5, 0.6) is 0 Å². The average Bonchev–Trinajstić information content (AvgIpc) is 2.15. The molecular formula is C12H22BrNO. The molecule has 1 fully saturated rings. The van der Waals surface area contributed by atoms with Crippen LogP contribution >= 0.6 is 15.9 Å². The number of rotatable bonds is 2. The molecule has 2 nitrogen and oxygen atoms in total. The highest BCUT2D eigenvalue weighted by Crippen LogP contribution is 2.23. The summed E-state index contributed by atoms with van der Waals surface area (Å²) >= 11 is 3.51. The van der Waals surface area contributed by atoms with Gasteiger partial charge in [0.05, 0.1) is 0 Å². The van der Waals surface area contributed by atoms with Gasteiger partial charge in [-0.25, -0.2) is 0 Å². The molecule has 1 aliphatic rings. The topological polar surface area (TPSA) is 20.3 Å². The first-order valence-corrected chi connectivity index (χ1v) is 6.88. The summed E-state index contributed by atoms with van der Waals surface area (Å²) in [5.74, 6) is 0.982. The smallest absolute Gasteiger partial charge is 0.223 e. The van der Waals surface area contributed by atoms with Crippen LogP contribution in [0, 0.1) is 11.3 Å². The number of amides is 1. The van der Waals surface area contributed by atoms with E-state index in [9.17, 15) is 4.79 Å². The first-order chi connectivity index (χ1) is 6.92. The maximum Gasteiger partial charge on any atom is 0.223 e. The average molecular weight is 276 g/mol. The number of likely N-dealkylation sites (tertiary alicyclic amines) is 1. The maximum atomic E-state index is 12.0. The third-order valence-corrected chi connectivity index (χ3v) is 3.69. The molecule has 1 unspecified atom stereocenters. The summed E-state index contributed by atoms with van der Waals surface area (Å²) in [6.07, 6.45) is 3.08. The second-order valence-electron chi connectivity index (χ2n) is 5.74. The normalized spacial score (nSPS) is 22.9. The lowest BCUT2D eigenvalue weighted by Gasteiger charge is -2.33. The summed E-state index contributed by atoms with van der Waals surface area (Å²) in [6.45, 7) is 8.27. The van der Waals surface area contributed by atoms with Crippen molar-refractivity contribution in [2.45, 2.75) is 40.0 Å². The van der Waals surface area contributed by atoms with E-state index in [-0.39, 0.29) is 5.41 Å². The molecule has 1 aliphatic heterocycles. The Morgan fingerprint density at radius 2 is 2.13 bits per heavy atom. The van der Waals surface area contributed by atoms with Gasteiger partial charge in [-0.2, -0.15) is 0 Å². The zero-order valence-electron chi connectivity index (χ0n) is 10.1. The lowest BCUT2D eigenvalue weighted by Crippen LogP contribution is -2.41. The van der Waals surface area contributed by atoms with Gasteiger partial charge in [0.15, 0.2) is 0 Å². The van der Waals surface area contributed by atoms with Gasteiger partial charge < -0.3 is 4.90 Å². The quantitative estimate of drug-likeness (QED) is 0.710. The van der Waals surface area contributed by atoms with Crippen molar-refractivity contribution in [2.24, 2.45) is 11.3 Å². The minimum atomic E-state index is 0.110. The zero-order chi connectivity index (χ0) is 11.5. The highest BCUT2D eigenvalue weighted by molar-refractivity contribution is 9.09. The van der Waals surface area contributed by atoms with E-state index in [2.05, 4.69) is 36.7 Å². The number of carbonyl (C=O) groups is 1. The molecule has 0 aromatic carbocycles. The molecule has 15 heavy (non-hydrogen) atoms. The molecular weight excluding hydrogens is 254 g/mol. The van der Waals surface area contributed by atoms with Crippen LogP contribution in [0.4, 0.5) is 0 Å². The molecule has 0 saturated carbocycles. The Hall–Kier alpha value is -0.0500. The van der Waals surface area contributed by atoms with E-state index in [1.165, 1.54) is 6.42 Å². The van der Waals surface area contributed by atoms with E-state index >= 15 is 0 Å². The fourth-order valence-electron chi connectivity index (χ4n) is 1.98. The van der Waals surface area contributed by atoms with Crippen molar-refractivity contribution in [3.63, 3.8) is 0 Å². The van der Waals surface area contributed by atoms with Gasteiger partial charge in [0, 0.05) is 24.8 Å². The minimum absolute atomic E-state index is 0.110. The van der Waals surface area contributed by atoms with Crippen LogP contribution in [0.15, 0.2) is 0 Å². The van der Waals surface area contributed by atoms with Gasteiger partial charge in [-0.3, -0.25) is 4.79 Å². The third kappa shape index (κ3) is 4.54. The first kappa shape index (κ1) is 13.0. The molecule has 1 heterocycles. The Morgan fingerprint density at radius 1 is 1.47 bits per heavy atom. The number of carbonyl (C=O) groups excluding carboxylic acids is 1. The van der Waals surface area contributed by atoms with Crippen LogP contribution in [-0.2, 0) is 4.79 Å². The molecule has 1 rings (SSSR count). The van der Waals surface area contributed by atoms with Crippen molar-refractivity contribution in [1.29, 1.82) is 0 Å². The van der Waals surface area contributed by atoms with E-state index in [0.717, 1.165) is 24.8 Å². The van der Waals surface area contributed by atoms with Gasteiger partial charge in [-0.1, -0.05) is 36.7 Å². The molecule has 3 heteroatoms. The van der Waals surface area contributed by atoms with Crippen molar-refractivity contribution < 1.29 is 4.79 Å². The predicted octanol–water partition coefficient (Wildman–Crippen LogP) is 3.06. The van der Waals surface area contributed by atoms with E-state index in [4.69, 9.17) is 0 Å². The molecule has 0 radical (unpaired) electrons. The van der Waals surface area contributed by atoms with Crippen LogP contribution in [-0.4, -0.2) is 29.2 Å². The van der Waals surface area contributed by atoms with E-state index in [1.54, 1.807) is 0 Å². The summed E-state index contributed by atoms with van der Waals surface area (Å²) in [7, 11) is 0. The van der Waals surface area contributed by atoms with Gasteiger partial charge in [0.2, 0.25) is 5.91 Å². The largest absolute Gasteiger partial charge is 0.342 e. The number of halogens is 1. The third-order valence-electron chi connectivity index (χ3n) is 2.77. The van der Waals surface area contributed by atoms with Gasteiger partial charge in [-0.05, 0) is 24.2 Å². The van der Waals surface area contributed by atoms with E-state index in [1.807, 2.05) is 4.90 Å². The Labute approximate surface area is 102 Å². The molecule has 0 bridgehead atoms. The molecule has 0 spiro atoms. The van der Waals surface area contributed by atoms with Crippen LogP contribution < -0.4 is 0 Å². The Kier molecular flexibility index (Phi) is 4.63. The highest BCUT2D eigenvalue weighted by Gasteiger charge is 2.25. The van der Waals surface area contributed by atoms with Crippen molar-refractivity contribution >= 4 is 21.8 Å². The van der Waals surface area contributed by atoms with Crippen LogP contribution in [0.25, 0.3) is 0 Å². The molecule has 0 aliphatic carbocycles. The van der Waals surface area contributed by atoms with Crippen molar-refractivity contribution in [3.05, 3.63) is 0 Å². The number of alkyl halides is 1. The molecule has 1 atom stereocenters. The predicted molar refractivity (Wildman–Crippen MR) is 67.2 cm³/mol. The zero-order valence-corrected chi connectivity index (χ0v) is 11.6. The number of nitrogens with zero attached hydrogens (tertiary/aromatic N) is 1. The number of hydrogen-bond donors (Lipinski definition) is 0. The van der Waals surface area contributed by atoms with Crippen molar-refractivity contribution in [1.82, 2.24) is 4.90 Å². The number of piperidine rings is 1. The Bertz CT molecular complexity index is 222. The molecule has 0 aromatic rings. The van der Waals surface area contributed by atoms with Gasteiger partial charge in [0.1, 0.15) is 0 Å². The standard InChI is InChI=1S/C12H22BrNO/c1-12(2,3)7-11(15)14-6-4-5-10(8-13)9-14/h10H,4-9H2,1-3H3. The minimum Gasteiger partial charge on any atom is -0.342 e.